The highest BCUT2D eigenvalue weighted by Crippen LogP contribution is 2.16. The number of carbonyl (C=O) groups is 2. The van der Waals surface area contributed by atoms with Crippen LogP contribution in [0.1, 0.15) is 18.9 Å². The Morgan fingerprint density at radius 2 is 2.19 bits per heavy atom. The van der Waals surface area contributed by atoms with E-state index in [9.17, 15) is 9.59 Å². The fourth-order valence-electron chi connectivity index (χ4n) is 1.97. The molecule has 0 spiro atoms. The van der Waals surface area contributed by atoms with Gasteiger partial charge in [0, 0.05) is 17.9 Å². The van der Waals surface area contributed by atoms with Crippen molar-refractivity contribution in [2.45, 2.75) is 19.1 Å². The Kier molecular flexibility index (Phi) is 5.80. The topological polar surface area (TPSA) is 67.8 Å². The first-order chi connectivity index (χ1) is 10.2. The molecule has 1 aromatic rings. The smallest absolute Gasteiger partial charge is 0.314 e. The zero-order chi connectivity index (χ0) is 15.1. The van der Waals surface area contributed by atoms with Crippen LogP contribution in [0.5, 0.6) is 0 Å². The highest BCUT2D eigenvalue weighted by Gasteiger charge is 2.29. The molecule has 1 unspecified atom stereocenters. The van der Waals surface area contributed by atoms with Crippen molar-refractivity contribution >= 4 is 29.4 Å². The number of hydrazone groups is 1. The summed E-state index contributed by atoms with van der Waals surface area (Å²) < 4.78 is 4.87. The zero-order valence-electron chi connectivity index (χ0n) is 11.9. The second kappa shape index (κ2) is 7.83. The van der Waals surface area contributed by atoms with Gasteiger partial charge >= 0.3 is 5.97 Å². The summed E-state index contributed by atoms with van der Waals surface area (Å²) in [5.74, 6) is 0.375. The summed E-state index contributed by atoms with van der Waals surface area (Å²) in [6.07, 6.45) is 0.632. The van der Waals surface area contributed by atoms with Gasteiger partial charge in [-0.2, -0.15) is 5.10 Å². The van der Waals surface area contributed by atoms with Crippen LogP contribution in [0.2, 0.25) is 0 Å². The predicted molar refractivity (Wildman–Crippen MR) is 82.9 cm³/mol. The lowest BCUT2D eigenvalue weighted by atomic mass is 10.0. The number of nitrogens with one attached hydrogen (secondary N) is 1. The van der Waals surface area contributed by atoms with Crippen molar-refractivity contribution < 1.29 is 14.3 Å². The number of nitrogens with zero attached hydrogens (tertiary/aromatic N) is 1. The minimum absolute atomic E-state index is 0.165. The van der Waals surface area contributed by atoms with Gasteiger partial charge in [0.25, 0.3) is 0 Å². The van der Waals surface area contributed by atoms with Crippen LogP contribution in [0, 0.1) is 5.92 Å². The molecule has 6 heteroatoms. The van der Waals surface area contributed by atoms with E-state index < -0.39 is 0 Å². The van der Waals surface area contributed by atoms with E-state index in [1.165, 1.54) is 17.3 Å². The monoisotopic (exact) mass is 306 g/mol. The van der Waals surface area contributed by atoms with Crippen LogP contribution in [-0.4, -0.2) is 29.9 Å². The molecule has 0 bridgehead atoms. The third kappa shape index (κ3) is 4.90. The number of cyclic esters (lactones) is 1. The highest BCUT2D eigenvalue weighted by atomic mass is 32.2. The van der Waals surface area contributed by atoms with Gasteiger partial charge in [0.05, 0.1) is 18.3 Å². The maximum absolute atomic E-state index is 11.7. The van der Waals surface area contributed by atoms with E-state index in [1.807, 2.05) is 30.3 Å². The Hall–Kier alpha value is -1.82. The van der Waals surface area contributed by atoms with Gasteiger partial charge in [-0.25, -0.2) is 5.43 Å². The number of thioether (sulfide) groups is 1. The molecule has 0 aliphatic carbocycles. The zero-order valence-corrected chi connectivity index (χ0v) is 12.7. The molecule has 0 saturated carbocycles. The first kappa shape index (κ1) is 15.6. The molecule has 112 valence electrons. The van der Waals surface area contributed by atoms with E-state index in [1.54, 1.807) is 6.92 Å². The van der Waals surface area contributed by atoms with Crippen LogP contribution >= 0.6 is 11.8 Å². The number of ether oxygens (including phenoxy) is 1. The van der Waals surface area contributed by atoms with Crippen LogP contribution in [0.3, 0.4) is 0 Å². The van der Waals surface area contributed by atoms with Gasteiger partial charge in [-0.15, -0.1) is 11.8 Å². The minimum atomic E-state index is -0.317. The van der Waals surface area contributed by atoms with Gasteiger partial charge in [-0.05, 0) is 12.5 Å². The standard InChI is InChI=1S/C15H18N2O3S/c1-11(13-7-8-20-15(13)19)16-17-14(18)10-21-9-12-5-3-2-4-6-12/h2-6,13H,7-10H2,1H3,(H,17,18). The molecule has 1 saturated heterocycles. The Bertz CT molecular complexity index is 531. The van der Waals surface area contributed by atoms with Crippen molar-refractivity contribution in [1.82, 2.24) is 5.43 Å². The van der Waals surface area contributed by atoms with E-state index in [4.69, 9.17) is 4.74 Å². The van der Waals surface area contributed by atoms with Gasteiger partial charge in [0.15, 0.2) is 0 Å². The lowest BCUT2D eigenvalue weighted by Gasteiger charge is -2.05. The van der Waals surface area contributed by atoms with Gasteiger partial charge in [-0.3, -0.25) is 9.59 Å². The molecule has 2 rings (SSSR count). The normalized spacial score (nSPS) is 18.4. The first-order valence-corrected chi connectivity index (χ1v) is 7.93. The van der Waals surface area contributed by atoms with Crippen molar-refractivity contribution in [3.05, 3.63) is 35.9 Å². The Morgan fingerprint density at radius 3 is 2.86 bits per heavy atom. The third-order valence-corrected chi connectivity index (χ3v) is 4.15. The number of esters is 1. The molecule has 0 radical (unpaired) electrons. The SMILES string of the molecule is CC(=NNC(=O)CSCc1ccccc1)C1CCOC1=O. The Balaban J connectivity index is 1.71. The van der Waals surface area contributed by atoms with E-state index in [-0.39, 0.29) is 17.8 Å². The summed E-state index contributed by atoms with van der Waals surface area (Å²) in [6.45, 7) is 2.16. The number of carbonyl (C=O) groups excluding carboxylic acids is 2. The maximum atomic E-state index is 11.7. The predicted octanol–water partition coefficient (Wildman–Crippen LogP) is 1.98. The van der Waals surface area contributed by atoms with Crippen LogP contribution < -0.4 is 5.43 Å². The summed E-state index contributed by atoms with van der Waals surface area (Å²) in [5, 5.41) is 3.99. The lowest BCUT2D eigenvalue weighted by Crippen LogP contribution is -2.25. The molecular weight excluding hydrogens is 288 g/mol. The third-order valence-electron chi connectivity index (χ3n) is 3.14. The minimum Gasteiger partial charge on any atom is -0.465 e. The van der Waals surface area contributed by atoms with Crippen LogP contribution in [-0.2, 0) is 20.1 Å². The average molecular weight is 306 g/mol. The molecule has 1 N–H and O–H groups in total. The van der Waals surface area contributed by atoms with Crippen molar-refractivity contribution in [2.24, 2.45) is 11.0 Å². The molecule has 5 nitrogen and oxygen atoms in total. The molecule has 1 aromatic carbocycles. The summed E-state index contributed by atoms with van der Waals surface area (Å²) in [5.41, 5.74) is 4.27. The number of hydrogen-bond acceptors (Lipinski definition) is 5. The van der Waals surface area contributed by atoms with Crippen molar-refractivity contribution in [3.8, 4) is 0 Å². The van der Waals surface area contributed by atoms with E-state index in [0.29, 0.717) is 24.5 Å². The fourth-order valence-corrected chi connectivity index (χ4v) is 2.75. The molecule has 1 heterocycles. The molecule has 21 heavy (non-hydrogen) atoms. The highest BCUT2D eigenvalue weighted by molar-refractivity contribution is 7.99. The van der Waals surface area contributed by atoms with Crippen molar-refractivity contribution in [3.63, 3.8) is 0 Å². The molecule has 1 amide bonds. The Morgan fingerprint density at radius 1 is 1.43 bits per heavy atom. The Labute approximate surface area is 128 Å². The number of amides is 1. The van der Waals surface area contributed by atoms with Gasteiger partial charge in [0.1, 0.15) is 0 Å². The number of rotatable bonds is 6. The largest absolute Gasteiger partial charge is 0.465 e. The summed E-state index contributed by atoms with van der Waals surface area (Å²) >= 11 is 1.53. The quantitative estimate of drug-likeness (QED) is 0.496. The number of benzene rings is 1. The van der Waals surface area contributed by atoms with E-state index in [0.717, 1.165) is 5.75 Å². The molecule has 0 aromatic heterocycles. The molecular formula is C15H18N2O3S. The van der Waals surface area contributed by atoms with Gasteiger partial charge in [0.2, 0.25) is 5.91 Å². The fraction of sp³-hybridized carbons (Fsp3) is 0.400. The molecule has 1 fully saturated rings. The van der Waals surface area contributed by atoms with Crippen LogP contribution in [0.4, 0.5) is 0 Å². The lowest BCUT2D eigenvalue weighted by molar-refractivity contribution is -0.139. The summed E-state index contributed by atoms with van der Waals surface area (Å²) in [7, 11) is 0. The first-order valence-electron chi connectivity index (χ1n) is 6.78. The van der Waals surface area contributed by atoms with Crippen molar-refractivity contribution in [1.29, 1.82) is 0 Å². The van der Waals surface area contributed by atoms with E-state index in [2.05, 4.69) is 10.5 Å². The van der Waals surface area contributed by atoms with Crippen molar-refractivity contribution in [2.75, 3.05) is 12.4 Å². The summed E-state index contributed by atoms with van der Waals surface area (Å²) in [6, 6.07) is 9.97. The maximum Gasteiger partial charge on any atom is 0.314 e. The second-order valence-electron chi connectivity index (χ2n) is 4.78. The van der Waals surface area contributed by atoms with Crippen LogP contribution in [0.15, 0.2) is 35.4 Å². The van der Waals surface area contributed by atoms with Gasteiger partial charge < -0.3 is 4.74 Å². The van der Waals surface area contributed by atoms with Gasteiger partial charge in [-0.1, -0.05) is 30.3 Å². The molecule has 1 aliphatic heterocycles. The average Bonchev–Trinajstić information content (AvgIpc) is 2.92. The molecule has 1 aliphatic rings. The summed E-state index contributed by atoms with van der Waals surface area (Å²) in [4.78, 5) is 23.0. The second-order valence-corrected chi connectivity index (χ2v) is 5.76. The molecule has 1 atom stereocenters. The van der Waals surface area contributed by atoms with Crippen LogP contribution in [0.25, 0.3) is 0 Å². The van der Waals surface area contributed by atoms with E-state index >= 15 is 0 Å². The number of hydrogen-bond donors (Lipinski definition) is 1.